The molecule has 2 saturated heterocycles. The molecule has 2 heterocycles. The lowest BCUT2D eigenvalue weighted by Crippen LogP contribution is -2.34. The molecule has 7 nitrogen and oxygen atoms in total. The zero-order valence-corrected chi connectivity index (χ0v) is 26.6. The van der Waals surface area contributed by atoms with Crippen molar-refractivity contribution in [3.8, 4) is 22.9 Å². The van der Waals surface area contributed by atoms with Crippen molar-refractivity contribution in [2.45, 2.75) is 70.5 Å². The number of carbonyl (C=O) groups is 1. The molecule has 0 radical (unpaired) electrons. The van der Waals surface area contributed by atoms with Gasteiger partial charge in [0.1, 0.15) is 12.4 Å². The van der Waals surface area contributed by atoms with Gasteiger partial charge in [-0.05, 0) is 130 Å². The summed E-state index contributed by atoms with van der Waals surface area (Å²) < 4.78 is 17.9. The number of benzene rings is 3. The van der Waals surface area contributed by atoms with E-state index < -0.39 is 0 Å². The van der Waals surface area contributed by atoms with Crippen LogP contribution in [0, 0.1) is 11.3 Å². The highest BCUT2D eigenvalue weighted by molar-refractivity contribution is 5.94. The van der Waals surface area contributed by atoms with E-state index in [9.17, 15) is 4.79 Å². The van der Waals surface area contributed by atoms with E-state index in [0.29, 0.717) is 36.8 Å². The molecule has 45 heavy (non-hydrogen) atoms. The Bertz CT molecular complexity index is 1390. The van der Waals surface area contributed by atoms with Gasteiger partial charge in [0, 0.05) is 18.7 Å². The van der Waals surface area contributed by atoms with Gasteiger partial charge in [0.2, 0.25) is 0 Å². The zero-order chi connectivity index (χ0) is 31.3. The Balaban J connectivity index is 0.997. The molecule has 3 aromatic rings. The summed E-state index contributed by atoms with van der Waals surface area (Å²) in [4.78, 5) is 15.2. The van der Waals surface area contributed by atoms with Crippen molar-refractivity contribution in [3.63, 3.8) is 0 Å². The van der Waals surface area contributed by atoms with E-state index in [4.69, 9.17) is 19.5 Å². The van der Waals surface area contributed by atoms with Gasteiger partial charge in [-0.1, -0.05) is 43.3 Å². The Kier molecular flexibility index (Phi) is 12.4. The molecular formula is C38H47N3O4. The van der Waals surface area contributed by atoms with Gasteiger partial charge in [0.25, 0.3) is 5.91 Å². The Hall–Kier alpha value is -3.70. The first kappa shape index (κ1) is 32.7. The number of carbonyl (C=O) groups excluding carboxylic acids is 1. The number of rotatable bonds is 14. The van der Waals surface area contributed by atoms with E-state index in [1.165, 1.54) is 17.5 Å². The summed E-state index contributed by atoms with van der Waals surface area (Å²) in [5.41, 5.74) is 5.98. The van der Waals surface area contributed by atoms with Crippen molar-refractivity contribution in [2.75, 3.05) is 46.0 Å². The third-order valence-electron chi connectivity index (χ3n) is 8.98. The summed E-state index contributed by atoms with van der Waals surface area (Å²) in [6.07, 6.45) is 8.46. The van der Waals surface area contributed by atoms with E-state index >= 15 is 0 Å². The molecule has 0 bridgehead atoms. The first-order chi connectivity index (χ1) is 22.1. The molecular weight excluding hydrogens is 562 g/mol. The maximum Gasteiger partial charge on any atom is 0.251 e. The number of unbranched alkanes of at least 4 members (excludes halogenated alkanes) is 1. The molecule has 2 aliphatic rings. The number of piperidine rings is 1. The van der Waals surface area contributed by atoms with E-state index in [0.717, 1.165) is 88.1 Å². The first-order valence-electron chi connectivity index (χ1n) is 16.7. The highest BCUT2D eigenvalue weighted by atomic mass is 16.7. The maximum atomic E-state index is 12.7. The summed E-state index contributed by atoms with van der Waals surface area (Å²) in [5.74, 6) is 1.48. The molecule has 1 atom stereocenters. The fraction of sp³-hybridized carbons (Fsp3) is 0.474. The molecule has 1 amide bonds. The molecule has 5 rings (SSSR count). The first-order valence-corrected chi connectivity index (χ1v) is 16.7. The predicted molar refractivity (Wildman–Crippen MR) is 177 cm³/mol. The Morgan fingerprint density at radius 3 is 2.40 bits per heavy atom. The second kappa shape index (κ2) is 17.1. The SMILES string of the molecule is CCc1ccc(C2CCN(CCCCNC(=O)c3ccc(-c4ccc(C#N)cc4)cc3)CC2)c(OCCOC2CCCCO2)c1. The lowest BCUT2D eigenvalue weighted by molar-refractivity contribution is -0.165. The summed E-state index contributed by atoms with van der Waals surface area (Å²) >= 11 is 0. The standard InChI is InChI=1S/C38H47N3O4/c1-2-29-10-17-35(36(27-29)43-25-26-45-37-7-3-6-24-44-37)33-18-22-41(23-19-33)21-5-4-20-40-38(42)34-15-13-32(14-16-34)31-11-8-30(28-39)9-12-31/h8-17,27,33,37H,2-7,18-26H2,1H3,(H,40,42). The van der Waals surface area contributed by atoms with Crippen LogP contribution in [0.5, 0.6) is 5.75 Å². The van der Waals surface area contributed by atoms with Crippen LogP contribution in [-0.2, 0) is 15.9 Å². The molecule has 238 valence electrons. The van der Waals surface area contributed by atoms with Gasteiger partial charge in [-0.25, -0.2) is 0 Å². The molecule has 0 spiro atoms. The lowest BCUT2D eigenvalue weighted by atomic mass is 9.88. The Labute approximate surface area is 268 Å². The van der Waals surface area contributed by atoms with Crippen molar-refractivity contribution in [1.29, 1.82) is 5.26 Å². The molecule has 2 fully saturated rings. The van der Waals surface area contributed by atoms with Crippen LogP contribution in [0.4, 0.5) is 0 Å². The van der Waals surface area contributed by atoms with Crippen LogP contribution in [-0.4, -0.2) is 63.1 Å². The second-order valence-corrected chi connectivity index (χ2v) is 12.1. The fourth-order valence-corrected chi connectivity index (χ4v) is 6.22. The number of nitrogens with zero attached hydrogens (tertiary/aromatic N) is 2. The zero-order valence-electron chi connectivity index (χ0n) is 26.6. The van der Waals surface area contributed by atoms with Crippen LogP contribution < -0.4 is 10.1 Å². The number of nitrogens with one attached hydrogen (secondary N) is 1. The van der Waals surface area contributed by atoms with Crippen LogP contribution >= 0.6 is 0 Å². The summed E-state index contributed by atoms with van der Waals surface area (Å²) in [7, 11) is 0. The summed E-state index contributed by atoms with van der Waals surface area (Å²) in [6.45, 7) is 7.96. The highest BCUT2D eigenvalue weighted by Crippen LogP contribution is 2.35. The summed E-state index contributed by atoms with van der Waals surface area (Å²) in [6, 6.07) is 24.0. The average Bonchev–Trinajstić information content (AvgIpc) is 3.10. The summed E-state index contributed by atoms with van der Waals surface area (Å²) in [5, 5.41) is 12.1. The predicted octanol–water partition coefficient (Wildman–Crippen LogP) is 7.10. The largest absolute Gasteiger partial charge is 0.491 e. The minimum atomic E-state index is -0.0799. The van der Waals surface area contributed by atoms with Gasteiger partial charge in [-0.3, -0.25) is 4.79 Å². The monoisotopic (exact) mass is 609 g/mol. The normalized spacial score (nSPS) is 17.5. The molecule has 1 N–H and O–H groups in total. The third-order valence-corrected chi connectivity index (χ3v) is 8.98. The number of amides is 1. The van der Waals surface area contributed by atoms with Gasteiger partial charge in [-0.2, -0.15) is 5.26 Å². The number of likely N-dealkylation sites (tertiary alicyclic amines) is 1. The van der Waals surface area contributed by atoms with Gasteiger partial charge < -0.3 is 24.4 Å². The number of hydrogen-bond acceptors (Lipinski definition) is 6. The highest BCUT2D eigenvalue weighted by Gasteiger charge is 2.23. The van der Waals surface area contributed by atoms with Gasteiger partial charge in [0.05, 0.1) is 18.2 Å². The van der Waals surface area contributed by atoms with E-state index in [2.05, 4.69) is 41.4 Å². The second-order valence-electron chi connectivity index (χ2n) is 12.1. The maximum absolute atomic E-state index is 12.7. The van der Waals surface area contributed by atoms with Crippen molar-refractivity contribution < 1.29 is 19.0 Å². The fourth-order valence-electron chi connectivity index (χ4n) is 6.22. The molecule has 0 saturated carbocycles. The molecule has 0 aromatic heterocycles. The minimum Gasteiger partial charge on any atom is -0.491 e. The smallest absolute Gasteiger partial charge is 0.251 e. The Morgan fingerprint density at radius 1 is 0.956 bits per heavy atom. The van der Waals surface area contributed by atoms with Crippen molar-refractivity contribution >= 4 is 5.91 Å². The van der Waals surface area contributed by atoms with Crippen LogP contribution in [0.15, 0.2) is 66.7 Å². The van der Waals surface area contributed by atoms with Gasteiger partial charge >= 0.3 is 0 Å². The van der Waals surface area contributed by atoms with E-state index in [-0.39, 0.29) is 12.2 Å². The minimum absolute atomic E-state index is 0.0387. The average molecular weight is 610 g/mol. The van der Waals surface area contributed by atoms with Crippen LogP contribution in [0.3, 0.4) is 0 Å². The molecule has 2 aliphatic heterocycles. The molecule has 1 unspecified atom stereocenters. The van der Waals surface area contributed by atoms with Gasteiger partial charge in [0.15, 0.2) is 6.29 Å². The number of ether oxygens (including phenoxy) is 3. The number of nitriles is 1. The lowest BCUT2D eigenvalue weighted by Gasteiger charge is -2.33. The molecule has 3 aromatic carbocycles. The van der Waals surface area contributed by atoms with Crippen molar-refractivity contribution in [3.05, 3.63) is 89.0 Å². The topological polar surface area (TPSA) is 83.8 Å². The molecule has 0 aliphatic carbocycles. The van der Waals surface area contributed by atoms with Crippen LogP contribution in [0.1, 0.15) is 84.8 Å². The van der Waals surface area contributed by atoms with Crippen LogP contribution in [0.25, 0.3) is 11.1 Å². The Morgan fingerprint density at radius 2 is 1.71 bits per heavy atom. The number of aryl methyl sites for hydroxylation is 1. The van der Waals surface area contributed by atoms with E-state index in [1.807, 2.05) is 48.5 Å². The third kappa shape index (κ3) is 9.64. The van der Waals surface area contributed by atoms with E-state index in [1.54, 1.807) is 0 Å². The van der Waals surface area contributed by atoms with Crippen molar-refractivity contribution in [2.24, 2.45) is 0 Å². The molecule has 7 heteroatoms. The van der Waals surface area contributed by atoms with Gasteiger partial charge in [-0.15, -0.1) is 0 Å². The number of hydrogen-bond donors (Lipinski definition) is 1. The van der Waals surface area contributed by atoms with Crippen LogP contribution in [0.2, 0.25) is 0 Å². The quantitative estimate of drug-likeness (QED) is 0.196. The van der Waals surface area contributed by atoms with Crippen molar-refractivity contribution in [1.82, 2.24) is 10.2 Å².